The number of hydrogen-bond donors (Lipinski definition) is 1. The molecule has 0 aromatic heterocycles. The number of hydrogen-bond acceptors (Lipinski definition) is 4. The molecule has 1 atom stereocenters. The molecule has 5 nitrogen and oxygen atoms in total. The third kappa shape index (κ3) is 6.29. The summed E-state index contributed by atoms with van der Waals surface area (Å²) in [5.41, 5.74) is 1.53. The molecule has 0 radical (unpaired) electrons. The zero-order valence-corrected chi connectivity index (χ0v) is 15.0. The van der Waals surface area contributed by atoms with E-state index in [1.54, 1.807) is 18.2 Å². The standard InChI is InChI=1S/C18H17Cl2NO4/c1-24-17(22)16(9-13-7-14(19)10-15(20)8-13)21-18(23)25-11-12-5-3-2-4-6-12/h2-8,10,16H,9,11H2,1H3,(H,21,23)/t16-/m0/s1. The van der Waals surface area contributed by atoms with Gasteiger partial charge in [-0.1, -0.05) is 53.5 Å². The van der Waals surface area contributed by atoms with E-state index in [0.29, 0.717) is 15.6 Å². The van der Waals surface area contributed by atoms with Gasteiger partial charge < -0.3 is 14.8 Å². The molecule has 0 saturated heterocycles. The highest BCUT2D eigenvalue weighted by atomic mass is 35.5. The number of rotatable bonds is 6. The van der Waals surface area contributed by atoms with E-state index in [-0.39, 0.29) is 13.0 Å². The van der Waals surface area contributed by atoms with Crippen molar-refractivity contribution < 1.29 is 19.1 Å². The highest BCUT2D eigenvalue weighted by Gasteiger charge is 2.23. The molecule has 0 aliphatic rings. The Kier molecular flexibility index (Phi) is 7.10. The van der Waals surface area contributed by atoms with Crippen LogP contribution in [0.1, 0.15) is 11.1 Å². The number of methoxy groups -OCH3 is 1. The fraction of sp³-hybridized carbons (Fsp3) is 0.222. The van der Waals surface area contributed by atoms with E-state index in [0.717, 1.165) is 5.56 Å². The summed E-state index contributed by atoms with van der Waals surface area (Å²) in [6.07, 6.45) is -0.541. The summed E-state index contributed by atoms with van der Waals surface area (Å²) in [6.45, 7) is 0.101. The molecule has 132 valence electrons. The van der Waals surface area contributed by atoms with E-state index in [1.165, 1.54) is 7.11 Å². The van der Waals surface area contributed by atoms with Gasteiger partial charge in [0.25, 0.3) is 0 Å². The van der Waals surface area contributed by atoms with Gasteiger partial charge in [-0.3, -0.25) is 0 Å². The number of nitrogens with one attached hydrogen (secondary N) is 1. The van der Waals surface area contributed by atoms with Crippen molar-refractivity contribution in [2.24, 2.45) is 0 Å². The quantitative estimate of drug-likeness (QED) is 0.767. The van der Waals surface area contributed by atoms with E-state index in [1.807, 2.05) is 30.3 Å². The van der Waals surface area contributed by atoms with E-state index in [9.17, 15) is 9.59 Å². The average molecular weight is 382 g/mol. The lowest BCUT2D eigenvalue weighted by Crippen LogP contribution is -2.43. The Balaban J connectivity index is 1.99. The first-order valence-electron chi connectivity index (χ1n) is 7.48. The lowest BCUT2D eigenvalue weighted by atomic mass is 10.1. The monoisotopic (exact) mass is 381 g/mol. The highest BCUT2D eigenvalue weighted by molar-refractivity contribution is 6.34. The van der Waals surface area contributed by atoms with Gasteiger partial charge in [-0.05, 0) is 29.3 Å². The van der Waals surface area contributed by atoms with Crippen LogP contribution in [-0.4, -0.2) is 25.2 Å². The van der Waals surface area contributed by atoms with Crippen LogP contribution in [0.2, 0.25) is 10.0 Å². The molecule has 0 bridgehead atoms. The molecule has 2 aromatic rings. The van der Waals surface area contributed by atoms with Gasteiger partial charge in [-0.15, -0.1) is 0 Å². The van der Waals surface area contributed by atoms with Gasteiger partial charge >= 0.3 is 12.1 Å². The van der Waals surface area contributed by atoms with Gasteiger partial charge in [0.05, 0.1) is 7.11 Å². The van der Waals surface area contributed by atoms with E-state index < -0.39 is 18.1 Å². The Morgan fingerprint density at radius 1 is 1.04 bits per heavy atom. The minimum Gasteiger partial charge on any atom is -0.467 e. The summed E-state index contributed by atoms with van der Waals surface area (Å²) in [5.74, 6) is -0.590. The van der Waals surface area contributed by atoms with Crippen LogP contribution >= 0.6 is 23.2 Å². The molecule has 1 N–H and O–H groups in total. The molecule has 1 amide bonds. The summed E-state index contributed by atoms with van der Waals surface area (Å²) in [7, 11) is 1.25. The minimum atomic E-state index is -0.914. The summed E-state index contributed by atoms with van der Waals surface area (Å²) in [4.78, 5) is 23.9. The minimum absolute atomic E-state index is 0.101. The molecule has 25 heavy (non-hydrogen) atoms. The topological polar surface area (TPSA) is 64.6 Å². The molecule has 0 saturated carbocycles. The number of carbonyl (C=O) groups excluding carboxylic acids is 2. The number of alkyl carbamates (subject to hydrolysis) is 1. The van der Waals surface area contributed by atoms with Crippen molar-refractivity contribution in [3.63, 3.8) is 0 Å². The van der Waals surface area contributed by atoms with Gasteiger partial charge in [0.2, 0.25) is 0 Å². The van der Waals surface area contributed by atoms with E-state index in [4.69, 9.17) is 32.7 Å². The summed E-state index contributed by atoms with van der Waals surface area (Å²) in [5, 5.41) is 3.39. The number of ether oxygens (including phenoxy) is 2. The first kappa shape index (κ1) is 19.1. The first-order chi connectivity index (χ1) is 12.0. The maximum absolute atomic E-state index is 12.0. The van der Waals surface area contributed by atoms with Crippen molar-refractivity contribution in [3.05, 3.63) is 69.7 Å². The van der Waals surface area contributed by atoms with Gasteiger partial charge in [0.1, 0.15) is 12.6 Å². The van der Waals surface area contributed by atoms with Crippen molar-refractivity contribution in [2.45, 2.75) is 19.1 Å². The SMILES string of the molecule is COC(=O)[C@H](Cc1cc(Cl)cc(Cl)c1)NC(=O)OCc1ccccc1. The van der Waals surface area contributed by atoms with Crippen LogP contribution in [0.15, 0.2) is 48.5 Å². The highest BCUT2D eigenvalue weighted by Crippen LogP contribution is 2.20. The van der Waals surface area contributed by atoms with E-state index >= 15 is 0 Å². The number of benzene rings is 2. The molecule has 0 heterocycles. The third-order valence-electron chi connectivity index (χ3n) is 3.35. The van der Waals surface area contributed by atoms with Gasteiger partial charge in [0, 0.05) is 16.5 Å². The predicted octanol–water partition coefficient (Wildman–Crippen LogP) is 4.00. The normalized spacial score (nSPS) is 11.5. The Morgan fingerprint density at radius 3 is 2.28 bits per heavy atom. The smallest absolute Gasteiger partial charge is 0.408 e. The number of halogens is 2. The second-order valence-electron chi connectivity index (χ2n) is 5.26. The largest absolute Gasteiger partial charge is 0.467 e. The van der Waals surface area contributed by atoms with Crippen LogP contribution in [0, 0.1) is 0 Å². The second kappa shape index (κ2) is 9.30. The Morgan fingerprint density at radius 2 is 1.68 bits per heavy atom. The van der Waals surface area contributed by atoms with Gasteiger partial charge in [0.15, 0.2) is 0 Å². The summed E-state index contributed by atoms with van der Waals surface area (Å²) < 4.78 is 9.86. The molecule has 0 fully saturated rings. The second-order valence-corrected chi connectivity index (χ2v) is 6.14. The van der Waals surface area contributed by atoms with Crippen molar-refractivity contribution in [2.75, 3.05) is 7.11 Å². The van der Waals surface area contributed by atoms with Crippen LogP contribution in [0.25, 0.3) is 0 Å². The Labute approximate surface area is 155 Å². The molecule has 0 aliphatic carbocycles. The van der Waals surface area contributed by atoms with Crippen LogP contribution in [0.4, 0.5) is 4.79 Å². The van der Waals surface area contributed by atoms with Gasteiger partial charge in [-0.25, -0.2) is 9.59 Å². The zero-order valence-electron chi connectivity index (χ0n) is 13.5. The average Bonchev–Trinajstić information content (AvgIpc) is 2.58. The van der Waals surface area contributed by atoms with Crippen molar-refractivity contribution in [1.82, 2.24) is 5.32 Å². The number of esters is 1. The number of amides is 1. The fourth-order valence-electron chi connectivity index (χ4n) is 2.21. The van der Waals surface area contributed by atoms with Crippen LogP contribution < -0.4 is 5.32 Å². The predicted molar refractivity (Wildman–Crippen MR) is 95.7 cm³/mol. The van der Waals surface area contributed by atoms with Crippen molar-refractivity contribution in [3.8, 4) is 0 Å². The molecule has 7 heteroatoms. The Hall–Kier alpha value is -2.24. The van der Waals surface area contributed by atoms with Crippen LogP contribution in [0.5, 0.6) is 0 Å². The molecule has 0 spiro atoms. The Bertz CT molecular complexity index is 717. The summed E-state index contributed by atoms with van der Waals surface area (Å²) >= 11 is 11.9. The third-order valence-corrected chi connectivity index (χ3v) is 3.79. The fourth-order valence-corrected chi connectivity index (χ4v) is 2.78. The zero-order chi connectivity index (χ0) is 18.2. The van der Waals surface area contributed by atoms with Crippen LogP contribution in [0.3, 0.4) is 0 Å². The molecule has 0 aliphatic heterocycles. The van der Waals surface area contributed by atoms with Crippen molar-refractivity contribution >= 4 is 35.3 Å². The molecule has 2 rings (SSSR count). The molecular formula is C18H17Cl2NO4. The molecule has 2 aromatic carbocycles. The lowest BCUT2D eigenvalue weighted by Gasteiger charge is -2.17. The molecular weight excluding hydrogens is 365 g/mol. The maximum atomic E-state index is 12.0. The van der Waals surface area contributed by atoms with Crippen molar-refractivity contribution in [1.29, 1.82) is 0 Å². The summed E-state index contributed by atoms with van der Waals surface area (Å²) in [6, 6.07) is 13.2. The molecule has 0 unspecified atom stereocenters. The van der Waals surface area contributed by atoms with Crippen LogP contribution in [-0.2, 0) is 27.3 Å². The van der Waals surface area contributed by atoms with E-state index in [2.05, 4.69) is 5.32 Å². The van der Waals surface area contributed by atoms with Gasteiger partial charge in [-0.2, -0.15) is 0 Å². The lowest BCUT2D eigenvalue weighted by molar-refractivity contribution is -0.143. The first-order valence-corrected chi connectivity index (χ1v) is 8.23. The maximum Gasteiger partial charge on any atom is 0.408 e. The number of carbonyl (C=O) groups is 2.